The quantitative estimate of drug-likeness (QED) is 0.125. The Morgan fingerprint density at radius 1 is 0.727 bits per heavy atom. The molecule has 4 aromatic rings. The molecular formula is C44H54N4O7. The minimum absolute atomic E-state index is 0.0242. The molecule has 2 unspecified atom stereocenters. The first-order chi connectivity index (χ1) is 26.6. The van der Waals surface area contributed by atoms with Gasteiger partial charge in [0.05, 0.1) is 44.7 Å². The van der Waals surface area contributed by atoms with Crippen LogP contribution in [0.15, 0.2) is 121 Å². The Bertz CT molecular complexity index is 1800. The number of aliphatic hydroxyl groups excluding tert-OH is 2. The van der Waals surface area contributed by atoms with Gasteiger partial charge in [-0.2, -0.15) is 0 Å². The van der Waals surface area contributed by atoms with E-state index >= 15 is 0 Å². The number of ether oxygens (including phenoxy) is 2. The smallest absolute Gasteiger partial charge is 0.328 e. The monoisotopic (exact) mass is 750 g/mol. The molecule has 2 aliphatic heterocycles. The number of nitrogens with two attached hydrogens (primary N) is 1. The second-order valence-corrected chi connectivity index (χ2v) is 13.3. The summed E-state index contributed by atoms with van der Waals surface area (Å²) in [6, 6.07) is 35.4. The number of carboxylic acids is 1. The molecule has 0 saturated carbocycles. The molecule has 0 spiro atoms. The van der Waals surface area contributed by atoms with E-state index in [-0.39, 0.29) is 43.4 Å². The fraction of sp³-hybridized carbons (Fsp3) is 0.318. The Morgan fingerprint density at radius 2 is 1.20 bits per heavy atom. The van der Waals surface area contributed by atoms with Crippen molar-refractivity contribution in [3.8, 4) is 0 Å². The predicted molar refractivity (Wildman–Crippen MR) is 219 cm³/mol. The fourth-order valence-electron chi connectivity index (χ4n) is 5.94. The van der Waals surface area contributed by atoms with Gasteiger partial charge in [-0.05, 0) is 72.5 Å². The van der Waals surface area contributed by atoms with E-state index in [1.165, 1.54) is 0 Å². The summed E-state index contributed by atoms with van der Waals surface area (Å²) in [5.74, 6) is -1.04. The first-order valence-corrected chi connectivity index (χ1v) is 18.5. The number of morpholine rings is 2. The van der Waals surface area contributed by atoms with Gasteiger partial charge in [-0.15, -0.1) is 0 Å². The third kappa shape index (κ3) is 14.8. The molecule has 0 bridgehead atoms. The molecule has 292 valence electrons. The molecule has 2 aliphatic rings. The van der Waals surface area contributed by atoms with E-state index in [0.29, 0.717) is 19.8 Å². The third-order valence-corrected chi connectivity index (χ3v) is 8.98. The van der Waals surface area contributed by atoms with E-state index in [0.717, 1.165) is 59.3 Å². The predicted octanol–water partition coefficient (Wildman–Crippen LogP) is 5.46. The Labute approximate surface area is 324 Å². The van der Waals surface area contributed by atoms with E-state index in [9.17, 15) is 14.7 Å². The highest BCUT2D eigenvalue weighted by molar-refractivity contribution is 5.92. The largest absolute Gasteiger partial charge is 0.478 e. The van der Waals surface area contributed by atoms with Crippen molar-refractivity contribution < 1.29 is 34.4 Å². The molecule has 4 atom stereocenters. The van der Waals surface area contributed by atoms with Crippen LogP contribution < -0.4 is 20.9 Å². The van der Waals surface area contributed by atoms with Gasteiger partial charge in [-0.1, -0.05) is 84.9 Å². The summed E-state index contributed by atoms with van der Waals surface area (Å²) < 4.78 is 11.0. The molecule has 11 heteroatoms. The molecule has 2 saturated heterocycles. The van der Waals surface area contributed by atoms with Gasteiger partial charge in [0.15, 0.2) is 0 Å². The summed E-state index contributed by atoms with van der Waals surface area (Å²) in [6.07, 6.45) is 5.81. The lowest BCUT2D eigenvalue weighted by atomic mass is 10.1. The van der Waals surface area contributed by atoms with Gasteiger partial charge in [0, 0.05) is 55.7 Å². The van der Waals surface area contributed by atoms with Gasteiger partial charge in [0.2, 0.25) is 5.91 Å². The lowest BCUT2D eigenvalue weighted by molar-refractivity contribution is -0.131. The second-order valence-electron chi connectivity index (χ2n) is 13.3. The van der Waals surface area contributed by atoms with Gasteiger partial charge in [-0.3, -0.25) is 4.79 Å². The molecule has 0 aromatic heterocycles. The van der Waals surface area contributed by atoms with Crippen molar-refractivity contribution in [3.05, 3.63) is 144 Å². The van der Waals surface area contributed by atoms with E-state index in [1.807, 2.05) is 105 Å². The number of carboxylic acid groups (broad SMARTS) is 1. The Morgan fingerprint density at radius 3 is 1.67 bits per heavy atom. The van der Waals surface area contributed by atoms with Gasteiger partial charge in [0.25, 0.3) is 0 Å². The number of nitrogens with one attached hydrogen (secondary N) is 1. The summed E-state index contributed by atoms with van der Waals surface area (Å²) in [7, 11) is 0. The zero-order valence-electron chi connectivity index (χ0n) is 31.6. The average Bonchev–Trinajstić information content (AvgIpc) is 3.23. The Kier molecular flexibility index (Phi) is 17.6. The van der Waals surface area contributed by atoms with Crippen molar-refractivity contribution >= 4 is 35.4 Å². The minimum Gasteiger partial charge on any atom is -0.478 e. The van der Waals surface area contributed by atoms with Crippen LogP contribution in [0.4, 0.5) is 11.4 Å². The zero-order chi connectivity index (χ0) is 39.4. The number of hydrogen-bond donors (Lipinski definition) is 5. The highest BCUT2D eigenvalue weighted by atomic mass is 16.5. The third-order valence-electron chi connectivity index (χ3n) is 8.98. The van der Waals surface area contributed by atoms with Crippen LogP contribution in [0.1, 0.15) is 48.2 Å². The number of carbonyl (C=O) groups excluding carboxylic acids is 1. The highest BCUT2D eigenvalue weighted by Crippen LogP contribution is 2.24. The van der Waals surface area contributed by atoms with Crippen LogP contribution in [0.5, 0.6) is 0 Å². The summed E-state index contributed by atoms with van der Waals surface area (Å²) in [5, 5.41) is 29.7. The van der Waals surface area contributed by atoms with Gasteiger partial charge in [0.1, 0.15) is 0 Å². The number of amides is 1. The standard InChI is InChI=1S/C22H26N2O3.C13H20N2O2.C9H8O2/c1-17(23-22(26)11-10-18-6-3-2-4-7-18)19-8-5-9-20(14-19)24-12-13-27-21(15-24)16-25;1-10(14)11-3-2-4-12(7-11)15-5-6-17-13(8-15)9-16;10-9(11)7-6-8-4-2-1-3-5-8/h2-11,14,17,21,25H,12-13,15-16H2,1H3,(H,23,26);2-4,7,10,13,16H,5-6,8-9,14H2,1H3;1-7H,(H,10,11)/b11-10+;;7-6+/t17-,21?;10-,13?;/m00./s1. The van der Waals surface area contributed by atoms with Crippen molar-refractivity contribution in [2.24, 2.45) is 5.73 Å². The molecule has 2 heterocycles. The zero-order valence-corrected chi connectivity index (χ0v) is 31.6. The number of rotatable bonds is 11. The lowest BCUT2D eigenvalue weighted by Gasteiger charge is -2.34. The van der Waals surface area contributed by atoms with Crippen molar-refractivity contribution in [2.45, 2.75) is 38.1 Å². The number of nitrogens with zero attached hydrogens (tertiary/aromatic N) is 2. The number of anilines is 2. The van der Waals surface area contributed by atoms with Crippen molar-refractivity contribution in [1.82, 2.24) is 5.32 Å². The summed E-state index contributed by atoms with van der Waals surface area (Å²) >= 11 is 0. The van der Waals surface area contributed by atoms with E-state index in [2.05, 4.69) is 33.3 Å². The van der Waals surface area contributed by atoms with Crippen molar-refractivity contribution in [1.29, 1.82) is 0 Å². The maximum absolute atomic E-state index is 12.2. The van der Waals surface area contributed by atoms with Crippen LogP contribution in [-0.4, -0.2) is 92.0 Å². The minimum atomic E-state index is -0.922. The number of hydrogen-bond acceptors (Lipinski definition) is 9. The molecule has 0 aliphatic carbocycles. The maximum atomic E-state index is 12.2. The topological polar surface area (TPSA) is 158 Å². The fourth-order valence-corrected chi connectivity index (χ4v) is 5.94. The van der Waals surface area contributed by atoms with Gasteiger partial charge >= 0.3 is 5.97 Å². The normalized spacial score (nSPS) is 18.1. The Hall–Kier alpha value is -5.30. The van der Waals surface area contributed by atoms with Crippen LogP contribution in [0.3, 0.4) is 0 Å². The number of aliphatic carboxylic acids is 1. The maximum Gasteiger partial charge on any atom is 0.328 e. The molecular weight excluding hydrogens is 697 g/mol. The van der Waals surface area contributed by atoms with E-state index < -0.39 is 5.97 Å². The van der Waals surface area contributed by atoms with Crippen LogP contribution in [0.2, 0.25) is 0 Å². The highest BCUT2D eigenvalue weighted by Gasteiger charge is 2.21. The summed E-state index contributed by atoms with van der Waals surface area (Å²) in [4.78, 5) is 26.7. The number of carbonyl (C=O) groups is 2. The van der Waals surface area contributed by atoms with E-state index in [4.69, 9.17) is 25.4 Å². The Balaban J connectivity index is 0.000000204. The molecule has 2 fully saturated rings. The van der Waals surface area contributed by atoms with Gasteiger partial charge < -0.3 is 45.6 Å². The molecule has 6 N–H and O–H groups in total. The lowest BCUT2D eigenvalue weighted by Crippen LogP contribution is -2.44. The SMILES string of the molecule is C[C@H](N)c1cccc(N2CCOC(CO)C2)c1.C[C@H](NC(=O)/C=C/c1ccccc1)c1cccc(N2CCOC(CO)C2)c1.O=C(O)/C=C/c1ccccc1. The summed E-state index contributed by atoms with van der Waals surface area (Å²) in [5.41, 5.74) is 12.2. The van der Waals surface area contributed by atoms with Crippen LogP contribution >= 0.6 is 0 Å². The molecule has 11 nitrogen and oxygen atoms in total. The van der Waals surface area contributed by atoms with Crippen molar-refractivity contribution in [2.75, 3.05) is 62.4 Å². The molecule has 4 aromatic carbocycles. The van der Waals surface area contributed by atoms with Crippen LogP contribution in [0, 0.1) is 0 Å². The molecule has 6 rings (SSSR count). The first kappa shape index (κ1) is 42.4. The molecule has 1 amide bonds. The summed E-state index contributed by atoms with van der Waals surface area (Å²) in [6.45, 7) is 8.37. The second kappa shape index (κ2) is 22.8. The molecule has 0 radical (unpaired) electrons. The first-order valence-electron chi connectivity index (χ1n) is 18.5. The van der Waals surface area contributed by atoms with E-state index in [1.54, 1.807) is 18.2 Å². The van der Waals surface area contributed by atoms with Crippen LogP contribution in [0.25, 0.3) is 12.2 Å². The number of benzene rings is 4. The molecule has 55 heavy (non-hydrogen) atoms. The van der Waals surface area contributed by atoms with Crippen molar-refractivity contribution in [3.63, 3.8) is 0 Å². The average molecular weight is 751 g/mol. The van der Waals surface area contributed by atoms with Crippen LogP contribution in [-0.2, 0) is 19.1 Å². The number of aliphatic hydroxyl groups is 2. The van der Waals surface area contributed by atoms with Gasteiger partial charge in [-0.25, -0.2) is 4.79 Å².